The lowest BCUT2D eigenvalue weighted by molar-refractivity contribution is -0.127. The number of carbonyl (C=O) groups excluding carboxylic acids is 3. The third-order valence-corrected chi connectivity index (χ3v) is 5.38. The van der Waals surface area contributed by atoms with Gasteiger partial charge < -0.3 is 15.6 Å². The first-order valence-electron chi connectivity index (χ1n) is 9.99. The number of nitrogens with zero attached hydrogens (tertiary/aromatic N) is 1. The van der Waals surface area contributed by atoms with Crippen LogP contribution in [0.1, 0.15) is 38.7 Å². The molecular formula is C21H27ClN4O3. The van der Waals surface area contributed by atoms with E-state index < -0.39 is 12.1 Å². The second-order valence-corrected chi connectivity index (χ2v) is 8.25. The Morgan fingerprint density at radius 1 is 1.31 bits per heavy atom. The lowest BCUT2D eigenvalue weighted by Gasteiger charge is -2.13. The summed E-state index contributed by atoms with van der Waals surface area (Å²) < 4.78 is 0. The molecule has 1 fully saturated rings. The van der Waals surface area contributed by atoms with Gasteiger partial charge in [-0.05, 0) is 48.9 Å². The highest BCUT2D eigenvalue weighted by Crippen LogP contribution is 2.23. The molecule has 3 rings (SSSR count). The van der Waals surface area contributed by atoms with E-state index in [-0.39, 0.29) is 24.8 Å². The molecule has 1 saturated heterocycles. The first-order chi connectivity index (χ1) is 13.8. The van der Waals surface area contributed by atoms with Crippen molar-refractivity contribution in [2.45, 2.75) is 45.6 Å². The maximum atomic E-state index is 12.6. The van der Waals surface area contributed by atoms with Crippen molar-refractivity contribution in [1.82, 2.24) is 20.5 Å². The number of imide groups is 1. The normalized spacial score (nSPS) is 16.7. The molecule has 1 aromatic heterocycles. The van der Waals surface area contributed by atoms with E-state index in [0.29, 0.717) is 30.3 Å². The fourth-order valence-electron chi connectivity index (χ4n) is 3.44. The molecule has 1 aromatic carbocycles. The lowest BCUT2D eigenvalue weighted by atomic mass is 10.1. The number of aromatic amines is 1. The quantitative estimate of drug-likeness (QED) is 0.545. The van der Waals surface area contributed by atoms with Crippen LogP contribution in [0.15, 0.2) is 24.4 Å². The number of H-pyrrole nitrogens is 1. The van der Waals surface area contributed by atoms with E-state index >= 15 is 0 Å². The molecule has 0 bridgehead atoms. The molecule has 29 heavy (non-hydrogen) atoms. The van der Waals surface area contributed by atoms with Crippen molar-refractivity contribution in [2.24, 2.45) is 5.92 Å². The van der Waals surface area contributed by atoms with Crippen LogP contribution in [0.25, 0.3) is 10.9 Å². The zero-order valence-electron chi connectivity index (χ0n) is 16.8. The summed E-state index contributed by atoms with van der Waals surface area (Å²) in [6.07, 6.45) is 3.83. The van der Waals surface area contributed by atoms with Gasteiger partial charge in [-0.1, -0.05) is 25.4 Å². The molecule has 4 amide bonds. The number of urea groups is 1. The average Bonchev–Trinajstić information content (AvgIpc) is 3.18. The maximum Gasteiger partial charge on any atom is 0.324 e. The minimum Gasteiger partial charge on any atom is -0.361 e. The van der Waals surface area contributed by atoms with Crippen LogP contribution in [0.2, 0.25) is 5.02 Å². The van der Waals surface area contributed by atoms with Crippen LogP contribution in [-0.2, 0) is 16.0 Å². The van der Waals surface area contributed by atoms with Crippen LogP contribution >= 0.6 is 11.6 Å². The van der Waals surface area contributed by atoms with Crippen molar-refractivity contribution >= 4 is 40.3 Å². The molecule has 1 aliphatic heterocycles. The van der Waals surface area contributed by atoms with Gasteiger partial charge in [0.15, 0.2) is 0 Å². The predicted molar refractivity (Wildman–Crippen MR) is 113 cm³/mol. The SMILES string of the molecule is CC(C)CCNC(=O)CCC1NC(=O)N(CCc2c[nH]c3ccc(Cl)cc23)C1=O. The number of benzene rings is 1. The molecule has 156 valence electrons. The largest absolute Gasteiger partial charge is 0.361 e. The first-order valence-corrected chi connectivity index (χ1v) is 10.4. The van der Waals surface area contributed by atoms with Gasteiger partial charge in [0.2, 0.25) is 5.91 Å². The number of hydrogen-bond donors (Lipinski definition) is 3. The van der Waals surface area contributed by atoms with E-state index in [9.17, 15) is 14.4 Å². The molecule has 8 heteroatoms. The van der Waals surface area contributed by atoms with Crippen LogP contribution in [0.4, 0.5) is 4.79 Å². The van der Waals surface area contributed by atoms with Crippen LogP contribution < -0.4 is 10.6 Å². The third kappa shape index (κ3) is 5.29. The molecule has 1 unspecified atom stereocenters. The van der Waals surface area contributed by atoms with Gasteiger partial charge in [0.25, 0.3) is 5.91 Å². The standard InChI is InChI=1S/C21H27ClN4O3/c1-13(2)7-9-23-19(27)6-5-18-20(28)26(21(29)25-18)10-8-14-12-24-17-4-3-15(22)11-16(14)17/h3-4,11-13,18,24H,5-10H2,1-2H3,(H,23,27)(H,25,29). The van der Waals surface area contributed by atoms with E-state index in [0.717, 1.165) is 22.9 Å². The Morgan fingerprint density at radius 3 is 2.86 bits per heavy atom. The second kappa shape index (κ2) is 9.31. The Bertz CT molecular complexity index is 908. The minimum absolute atomic E-state index is 0.0955. The van der Waals surface area contributed by atoms with Crippen molar-refractivity contribution < 1.29 is 14.4 Å². The van der Waals surface area contributed by atoms with E-state index in [4.69, 9.17) is 11.6 Å². The predicted octanol–water partition coefficient (Wildman–Crippen LogP) is 3.23. The molecule has 0 radical (unpaired) electrons. The number of amides is 4. The summed E-state index contributed by atoms with van der Waals surface area (Å²) in [6.45, 7) is 5.10. The van der Waals surface area contributed by atoms with Gasteiger partial charge >= 0.3 is 6.03 Å². The highest BCUT2D eigenvalue weighted by atomic mass is 35.5. The smallest absolute Gasteiger partial charge is 0.324 e. The van der Waals surface area contributed by atoms with Gasteiger partial charge in [-0.3, -0.25) is 14.5 Å². The minimum atomic E-state index is -0.643. The molecule has 7 nitrogen and oxygen atoms in total. The summed E-state index contributed by atoms with van der Waals surface area (Å²) in [4.78, 5) is 41.1. The maximum absolute atomic E-state index is 12.6. The van der Waals surface area contributed by atoms with E-state index in [1.54, 1.807) is 0 Å². The fourth-order valence-corrected chi connectivity index (χ4v) is 3.61. The van der Waals surface area contributed by atoms with E-state index in [1.807, 2.05) is 24.4 Å². The molecule has 2 heterocycles. The van der Waals surface area contributed by atoms with E-state index in [2.05, 4.69) is 29.5 Å². The van der Waals surface area contributed by atoms with Crippen molar-refractivity contribution in [3.05, 3.63) is 35.0 Å². The number of hydrogen-bond acceptors (Lipinski definition) is 3. The molecule has 0 spiro atoms. The van der Waals surface area contributed by atoms with Gasteiger partial charge in [0.1, 0.15) is 6.04 Å². The zero-order chi connectivity index (χ0) is 21.0. The summed E-state index contributed by atoms with van der Waals surface area (Å²) in [5, 5.41) is 7.16. The topological polar surface area (TPSA) is 94.3 Å². The number of rotatable bonds is 9. The molecule has 0 saturated carbocycles. The Balaban J connectivity index is 1.51. The van der Waals surface area contributed by atoms with Gasteiger partial charge in [-0.25, -0.2) is 4.79 Å². The zero-order valence-corrected chi connectivity index (χ0v) is 17.5. The Morgan fingerprint density at radius 2 is 2.10 bits per heavy atom. The highest BCUT2D eigenvalue weighted by Gasteiger charge is 2.37. The van der Waals surface area contributed by atoms with Crippen molar-refractivity contribution in [3.8, 4) is 0 Å². The van der Waals surface area contributed by atoms with Gasteiger partial charge in [-0.2, -0.15) is 0 Å². The lowest BCUT2D eigenvalue weighted by Crippen LogP contribution is -2.34. The number of fused-ring (bicyclic) bond motifs is 1. The average molecular weight is 419 g/mol. The summed E-state index contributed by atoms with van der Waals surface area (Å²) in [6, 6.07) is 4.53. The van der Waals surface area contributed by atoms with Gasteiger partial charge in [-0.15, -0.1) is 0 Å². The highest BCUT2D eigenvalue weighted by molar-refractivity contribution is 6.31. The third-order valence-electron chi connectivity index (χ3n) is 5.15. The van der Waals surface area contributed by atoms with Crippen molar-refractivity contribution in [2.75, 3.05) is 13.1 Å². The van der Waals surface area contributed by atoms with E-state index in [1.165, 1.54) is 4.90 Å². The monoisotopic (exact) mass is 418 g/mol. The second-order valence-electron chi connectivity index (χ2n) is 7.82. The number of halogens is 1. The van der Waals surface area contributed by atoms with Crippen LogP contribution in [-0.4, -0.2) is 46.9 Å². The fraction of sp³-hybridized carbons (Fsp3) is 0.476. The molecule has 2 aromatic rings. The Kier molecular flexibility index (Phi) is 6.79. The summed E-state index contributed by atoms with van der Waals surface area (Å²) in [5.74, 6) is 0.150. The van der Waals surface area contributed by atoms with Crippen molar-refractivity contribution in [1.29, 1.82) is 0 Å². The first kappa shape index (κ1) is 21.2. The molecule has 3 N–H and O–H groups in total. The molecular weight excluding hydrogens is 392 g/mol. The van der Waals surface area contributed by atoms with Crippen molar-refractivity contribution in [3.63, 3.8) is 0 Å². The Labute approximate surface area is 175 Å². The van der Waals surface area contributed by atoms with Crippen LogP contribution in [0.5, 0.6) is 0 Å². The van der Waals surface area contributed by atoms with Gasteiger partial charge in [0, 0.05) is 41.6 Å². The molecule has 1 aliphatic rings. The summed E-state index contributed by atoms with van der Waals surface area (Å²) in [7, 11) is 0. The number of nitrogens with one attached hydrogen (secondary N) is 3. The molecule has 0 aliphatic carbocycles. The van der Waals surface area contributed by atoms with Crippen LogP contribution in [0.3, 0.4) is 0 Å². The van der Waals surface area contributed by atoms with Gasteiger partial charge in [0.05, 0.1) is 0 Å². The Hall–Kier alpha value is -2.54. The van der Waals surface area contributed by atoms with Crippen LogP contribution in [0, 0.1) is 5.92 Å². The number of aromatic nitrogens is 1. The molecule has 1 atom stereocenters. The summed E-state index contributed by atoms with van der Waals surface area (Å²) >= 11 is 6.07. The summed E-state index contributed by atoms with van der Waals surface area (Å²) in [5.41, 5.74) is 1.96. The number of carbonyl (C=O) groups is 3.